The largest absolute Gasteiger partial charge is 0.495 e. The van der Waals surface area contributed by atoms with Gasteiger partial charge < -0.3 is 19.2 Å². The number of hydrogen-bond donors (Lipinski definition) is 1. The van der Waals surface area contributed by atoms with E-state index >= 15 is 0 Å². The summed E-state index contributed by atoms with van der Waals surface area (Å²) in [7, 11) is 3.00. The Morgan fingerprint density at radius 3 is 2.77 bits per heavy atom. The summed E-state index contributed by atoms with van der Waals surface area (Å²) in [5.41, 5.74) is 0.476. The first kappa shape index (κ1) is 18.2. The van der Waals surface area contributed by atoms with Crippen LogP contribution in [0.25, 0.3) is 10.8 Å². The van der Waals surface area contributed by atoms with Gasteiger partial charge >= 0.3 is 0 Å². The Balaban J connectivity index is 1.63. The number of halogens is 1. The lowest BCUT2D eigenvalue weighted by Gasteiger charge is -2.12. The number of methoxy groups -OCH3 is 2. The number of ether oxygens (including phenoxy) is 2. The van der Waals surface area contributed by atoms with Crippen molar-refractivity contribution in [1.82, 2.24) is 10.2 Å². The molecule has 136 valence electrons. The predicted molar refractivity (Wildman–Crippen MR) is 99.1 cm³/mol. The summed E-state index contributed by atoms with van der Waals surface area (Å²) >= 11 is 7.57. The van der Waals surface area contributed by atoms with Crippen LogP contribution in [0.4, 0.5) is 5.69 Å². The van der Waals surface area contributed by atoms with Crippen LogP contribution in [-0.2, 0) is 11.2 Å². The van der Waals surface area contributed by atoms with E-state index in [2.05, 4.69) is 15.5 Å². The number of carbonyl (C=O) groups excluding carboxylic acids is 1. The Morgan fingerprint density at radius 1 is 1.27 bits per heavy atom. The molecule has 0 unspecified atom stereocenters. The highest BCUT2D eigenvalue weighted by Crippen LogP contribution is 2.36. The predicted octanol–water partition coefficient (Wildman–Crippen LogP) is 4.04. The van der Waals surface area contributed by atoms with Gasteiger partial charge in [0, 0.05) is 25.0 Å². The van der Waals surface area contributed by atoms with E-state index in [-0.39, 0.29) is 12.3 Å². The number of hydrogen-bond acceptors (Lipinski definition) is 7. The fourth-order valence-corrected chi connectivity index (χ4v) is 3.12. The van der Waals surface area contributed by atoms with E-state index in [1.54, 1.807) is 12.1 Å². The summed E-state index contributed by atoms with van der Waals surface area (Å²) in [4.78, 5) is 13.1. The van der Waals surface area contributed by atoms with Crippen LogP contribution in [0.15, 0.2) is 34.1 Å². The number of aromatic nitrogens is 2. The van der Waals surface area contributed by atoms with Crippen molar-refractivity contribution in [3.63, 3.8) is 0 Å². The molecule has 1 amide bonds. The van der Waals surface area contributed by atoms with Crippen molar-refractivity contribution in [2.75, 3.05) is 19.5 Å². The molecule has 0 fully saturated rings. The van der Waals surface area contributed by atoms with E-state index in [4.69, 9.17) is 25.5 Å². The molecule has 0 bridgehead atoms. The lowest BCUT2D eigenvalue weighted by Crippen LogP contribution is -2.13. The first-order valence-corrected chi connectivity index (χ1v) is 8.94. The number of aryl methyl sites for hydroxylation is 1. The Labute approximate surface area is 158 Å². The van der Waals surface area contributed by atoms with Gasteiger partial charge in [0.2, 0.25) is 11.8 Å². The van der Waals surface area contributed by atoms with E-state index in [9.17, 15) is 4.79 Å². The second-order valence-corrected chi connectivity index (χ2v) is 6.57. The number of anilines is 1. The molecular formula is C17H16ClN3O4S. The van der Waals surface area contributed by atoms with Gasteiger partial charge in [0.15, 0.2) is 0 Å². The zero-order valence-electron chi connectivity index (χ0n) is 14.1. The molecule has 3 rings (SSSR count). The van der Waals surface area contributed by atoms with Crippen LogP contribution >= 0.6 is 22.9 Å². The number of nitrogens with zero attached hydrogens (tertiary/aromatic N) is 2. The van der Waals surface area contributed by atoms with Crippen LogP contribution in [0.1, 0.15) is 12.3 Å². The maximum Gasteiger partial charge on any atom is 0.257 e. The smallest absolute Gasteiger partial charge is 0.257 e. The van der Waals surface area contributed by atoms with Crippen molar-refractivity contribution in [3.05, 3.63) is 40.6 Å². The zero-order chi connectivity index (χ0) is 18.5. The maximum absolute atomic E-state index is 12.2. The quantitative estimate of drug-likeness (QED) is 0.651. The van der Waals surface area contributed by atoms with Crippen molar-refractivity contribution in [2.45, 2.75) is 12.8 Å². The zero-order valence-corrected chi connectivity index (χ0v) is 15.7. The minimum Gasteiger partial charge on any atom is -0.495 e. The average Bonchev–Trinajstić information content (AvgIpc) is 3.32. The number of amides is 1. The molecule has 9 heteroatoms. The normalized spacial score (nSPS) is 10.6. The van der Waals surface area contributed by atoms with Crippen molar-refractivity contribution < 1.29 is 18.7 Å². The molecule has 1 aromatic carbocycles. The number of carbonyl (C=O) groups is 1. The second-order valence-electron chi connectivity index (χ2n) is 5.21. The number of rotatable bonds is 7. The van der Waals surface area contributed by atoms with E-state index in [0.29, 0.717) is 40.4 Å². The lowest BCUT2D eigenvalue weighted by molar-refractivity contribution is -0.116. The van der Waals surface area contributed by atoms with Gasteiger partial charge in [0.25, 0.3) is 5.89 Å². The molecule has 26 heavy (non-hydrogen) atoms. The standard InChI is InChI=1S/C17H16ClN3O4S/c1-23-12-9-11(13(24-2)8-10(12)18)19-15(22)5-6-16-20-21-17(25-16)14-4-3-7-26-14/h3-4,7-9H,5-6H2,1-2H3,(H,19,22). The second kappa shape index (κ2) is 8.20. The molecule has 2 aromatic heterocycles. The molecule has 1 N–H and O–H groups in total. The van der Waals surface area contributed by atoms with Gasteiger partial charge in [0.05, 0.1) is 29.8 Å². The molecule has 0 atom stereocenters. The molecule has 0 saturated carbocycles. The SMILES string of the molecule is COc1cc(NC(=O)CCc2nnc(-c3cccs3)o2)c(OC)cc1Cl. The third kappa shape index (κ3) is 4.14. The molecule has 0 saturated heterocycles. The highest BCUT2D eigenvalue weighted by molar-refractivity contribution is 7.13. The molecule has 2 heterocycles. The third-order valence-electron chi connectivity index (χ3n) is 3.51. The first-order valence-electron chi connectivity index (χ1n) is 7.68. The fraction of sp³-hybridized carbons (Fsp3) is 0.235. The van der Waals surface area contributed by atoms with E-state index in [0.717, 1.165) is 4.88 Å². The molecule has 0 spiro atoms. The van der Waals surface area contributed by atoms with Crippen LogP contribution in [0.2, 0.25) is 5.02 Å². The minimum absolute atomic E-state index is 0.181. The monoisotopic (exact) mass is 393 g/mol. The number of benzene rings is 1. The highest BCUT2D eigenvalue weighted by atomic mass is 35.5. The highest BCUT2D eigenvalue weighted by Gasteiger charge is 2.14. The molecule has 0 radical (unpaired) electrons. The Kier molecular flexibility index (Phi) is 5.75. The van der Waals surface area contributed by atoms with Crippen LogP contribution in [0, 0.1) is 0 Å². The Morgan fingerprint density at radius 2 is 2.08 bits per heavy atom. The van der Waals surface area contributed by atoms with Crippen LogP contribution in [-0.4, -0.2) is 30.3 Å². The third-order valence-corrected chi connectivity index (χ3v) is 4.67. The molecule has 0 aliphatic heterocycles. The summed E-state index contributed by atoms with van der Waals surface area (Å²) in [6, 6.07) is 7.00. The fourth-order valence-electron chi connectivity index (χ4n) is 2.25. The van der Waals surface area contributed by atoms with E-state index in [1.807, 2.05) is 17.5 Å². The van der Waals surface area contributed by atoms with Gasteiger partial charge in [0.1, 0.15) is 11.5 Å². The van der Waals surface area contributed by atoms with Crippen LogP contribution in [0.3, 0.4) is 0 Å². The number of nitrogens with one attached hydrogen (secondary N) is 1. The van der Waals surface area contributed by atoms with Crippen molar-refractivity contribution in [3.8, 4) is 22.3 Å². The van der Waals surface area contributed by atoms with Gasteiger partial charge in [-0.3, -0.25) is 4.79 Å². The van der Waals surface area contributed by atoms with Gasteiger partial charge in [-0.05, 0) is 11.4 Å². The summed E-state index contributed by atoms with van der Waals surface area (Å²) < 4.78 is 16.0. The summed E-state index contributed by atoms with van der Waals surface area (Å²) in [6.45, 7) is 0. The minimum atomic E-state index is -0.219. The van der Waals surface area contributed by atoms with Gasteiger partial charge in [-0.1, -0.05) is 17.7 Å². The Bertz CT molecular complexity index is 896. The van der Waals surface area contributed by atoms with Crippen LogP contribution < -0.4 is 14.8 Å². The molecule has 0 aliphatic rings. The van der Waals surface area contributed by atoms with Gasteiger partial charge in [-0.15, -0.1) is 21.5 Å². The Hall–Kier alpha value is -2.58. The molecule has 7 nitrogen and oxygen atoms in total. The molecule has 3 aromatic rings. The maximum atomic E-state index is 12.2. The lowest BCUT2D eigenvalue weighted by atomic mass is 10.2. The van der Waals surface area contributed by atoms with Crippen LogP contribution in [0.5, 0.6) is 11.5 Å². The summed E-state index contributed by atoms with van der Waals surface area (Å²) in [6.07, 6.45) is 0.511. The topological polar surface area (TPSA) is 86.5 Å². The van der Waals surface area contributed by atoms with Crippen molar-refractivity contribution >= 4 is 34.5 Å². The first-order chi connectivity index (χ1) is 12.6. The van der Waals surface area contributed by atoms with E-state index < -0.39 is 0 Å². The number of thiophene rings is 1. The van der Waals surface area contributed by atoms with Crippen molar-refractivity contribution in [1.29, 1.82) is 0 Å². The summed E-state index contributed by atoms with van der Waals surface area (Å²) in [5, 5.41) is 13.1. The van der Waals surface area contributed by atoms with Crippen molar-refractivity contribution in [2.24, 2.45) is 0 Å². The van der Waals surface area contributed by atoms with Gasteiger partial charge in [-0.2, -0.15) is 0 Å². The molecular weight excluding hydrogens is 378 g/mol. The van der Waals surface area contributed by atoms with Gasteiger partial charge in [-0.25, -0.2) is 0 Å². The van der Waals surface area contributed by atoms with E-state index in [1.165, 1.54) is 25.6 Å². The average molecular weight is 394 g/mol. The molecule has 0 aliphatic carbocycles. The summed E-state index contributed by atoms with van der Waals surface area (Å²) in [5.74, 6) is 1.54.